The van der Waals surface area contributed by atoms with E-state index >= 15 is 0 Å². The van der Waals surface area contributed by atoms with Crippen molar-refractivity contribution >= 4 is 17.6 Å². The van der Waals surface area contributed by atoms with Gasteiger partial charge in [-0.25, -0.2) is 4.98 Å². The van der Waals surface area contributed by atoms with Gasteiger partial charge in [-0.2, -0.15) is 0 Å². The third kappa shape index (κ3) is 4.31. The summed E-state index contributed by atoms with van der Waals surface area (Å²) in [5, 5.41) is 12.5. The molecule has 2 aromatic heterocycles. The number of hydrogen-bond donors (Lipinski definition) is 3. The minimum Gasteiger partial charge on any atom is -0.504 e. The predicted octanol–water partition coefficient (Wildman–Crippen LogP) is 2.31. The van der Waals surface area contributed by atoms with Gasteiger partial charge in [0, 0.05) is 36.0 Å². The third-order valence-corrected chi connectivity index (χ3v) is 3.75. The molecule has 0 fully saturated rings. The lowest BCUT2D eigenvalue weighted by Crippen LogP contribution is -2.15. The van der Waals surface area contributed by atoms with Gasteiger partial charge < -0.3 is 16.2 Å². The van der Waals surface area contributed by atoms with Crippen LogP contribution in [0.2, 0.25) is 0 Å². The van der Waals surface area contributed by atoms with E-state index in [0.29, 0.717) is 11.3 Å². The van der Waals surface area contributed by atoms with E-state index in [1.54, 1.807) is 36.7 Å². The Morgan fingerprint density at radius 1 is 1.11 bits per heavy atom. The van der Waals surface area contributed by atoms with Gasteiger partial charge in [-0.15, -0.1) is 0 Å². The number of benzene rings is 1. The number of nitrogens with two attached hydrogens (primary N) is 1. The van der Waals surface area contributed by atoms with Gasteiger partial charge in [-0.1, -0.05) is 24.0 Å². The normalized spacial score (nSPS) is 9.89. The smallest absolute Gasteiger partial charge is 0.252 e. The zero-order valence-electron chi connectivity index (χ0n) is 14.9. The van der Waals surface area contributed by atoms with Crippen molar-refractivity contribution in [3.05, 3.63) is 71.5 Å². The highest BCUT2D eigenvalue weighted by atomic mass is 16.3. The lowest BCUT2D eigenvalue weighted by atomic mass is 10.1. The summed E-state index contributed by atoms with van der Waals surface area (Å²) < 4.78 is 0. The van der Waals surface area contributed by atoms with E-state index in [1.807, 2.05) is 12.1 Å². The molecular formula is C21H16N4O3. The van der Waals surface area contributed by atoms with Crippen molar-refractivity contribution in [2.45, 2.75) is 6.92 Å². The summed E-state index contributed by atoms with van der Waals surface area (Å²) >= 11 is 0. The number of hydrogen-bond acceptors (Lipinski definition) is 5. The maximum absolute atomic E-state index is 11.6. The summed E-state index contributed by atoms with van der Waals surface area (Å²) in [5.74, 6) is 4.19. The third-order valence-electron chi connectivity index (χ3n) is 3.75. The van der Waals surface area contributed by atoms with Crippen molar-refractivity contribution in [1.29, 1.82) is 0 Å². The fraction of sp³-hybridized carbons (Fsp3) is 0.0476. The Morgan fingerprint density at radius 3 is 2.43 bits per heavy atom. The number of aromatic nitrogens is 2. The Labute approximate surface area is 161 Å². The van der Waals surface area contributed by atoms with E-state index in [1.165, 1.54) is 13.0 Å². The van der Waals surface area contributed by atoms with Crippen molar-refractivity contribution in [1.82, 2.24) is 9.97 Å². The van der Waals surface area contributed by atoms with E-state index in [2.05, 4.69) is 27.1 Å². The average molecular weight is 372 g/mol. The van der Waals surface area contributed by atoms with Crippen LogP contribution < -0.4 is 11.1 Å². The van der Waals surface area contributed by atoms with E-state index in [0.717, 1.165) is 11.1 Å². The van der Waals surface area contributed by atoms with Crippen LogP contribution in [0.1, 0.15) is 28.4 Å². The van der Waals surface area contributed by atoms with Crippen LogP contribution in [-0.2, 0) is 4.79 Å². The van der Waals surface area contributed by atoms with Crippen molar-refractivity contribution in [3.8, 4) is 28.8 Å². The number of rotatable bonds is 3. The monoisotopic (exact) mass is 372 g/mol. The molecule has 138 valence electrons. The molecule has 2 amide bonds. The van der Waals surface area contributed by atoms with Gasteiger partial charge in [0.25, 0.3) is 5.91 Å². The van der Waals surface area contributed by atoms with Crippen LogP contribution in [-0.4, -0.2) is 26.9 Å². The second-order valence-electron chi connectivity index (χ2n) is 5.87. The van der Waals surface area contributed by atoms with Gasteiger partial charge in [0.15, 0.2) is 11.6 Å². The van der Waals surface area contributed by atoms with Crippen molar-refractivity contribution in [2.24, 2.45) is 5.73 Å². The number of pyridine rings is 2. The Hall–Kier alpha value is -4.18. The van der Waals surface area contributed by atoms with Crippen LogP contribution in [0.25, 0.3) is 11.3 Å². The summed E-state index contributed by atoms with van der Waals surface area (Å²) in [6, 6.07) is 12.2. The first-order valence-corrected chi connectivity index (χ1v) is 8.28. The van der Waals surface area contributed by atoms with Crippen molar-refractivity contribution in [2.75, 3.05) is 5.32 Å². The van der Waals surface area contributed by atoms with E-state index in [9.17, 15) is 14.7 Å². The zero-order valence-corrected chi connectivity index (χ0v) is 14.9. The molecule has 0 spiro atoms. The summed E-state index contributed by atoms with van der Waals surface area (Å²) in [6.45, 7) is 1.27. The van der Waals surface area contributed by atoms with Gasteiger partial charge in [-0.3, -0.25) is 14.6 Å². The number of anilines is 1. The number of nitrogens with zero attached hydrogens (tertiary/aromatic N) is 2. The molecule has 0 radical (unpaired) electrons. The van der Waals surface area contributed by atoms with E-state index < -0.39 is 17.6 Å². The molecule has 4 N–H and O–H groups in total. The molecule has 1 aromatic carbocycles. The maximum Gasteiger partial charge on any atom is 0.252 e. The maximum atomic E-state index is 11.6. The molecule has 2 heterocycles. The second kappa shape index (κ2) is 8.01. The number of carbonyl (C=O) groups is 2. The molecule has 0 atom stereocenters. The molecular weight excluding hydrogens is 356 g/mol. The Kier molecular flexibility index (Phi) is 5.33. The van der Waals surface area contributed by atoms with Crippen LogP contribution in [0, 0.1) is 11.8 Å². The number of aromatic hydroxyl groups is 1. The summed E-state index contributed by atoms with van der Waals surface area (Å²) in [7, 11) is 0. The summed E-state index contributed by atoms with van der Waals surface area (Å²) in [5.41, 5.74) is 7.82. The molecule has 7 nitrogen and oxygen atoms in total. The van der Waals surface area contributed by atoms with Gasteiger partial charge in [-0.05, 0) is 30.3 Å². The highest BCUT2D eigenvalue weighted by Crippen LogP contribution is 2.30. The Bertz CT molecular complexity index is 1100. The fourth-order valence-corrected chi connectivity index (χ4v) is 2.43. The Balaban J connectivity index is 1.95. The number of carbonyl (C=O) groups excluding carboxylic acids is 2. The predicted molar refractivity (Wildman–Crippen MR) is 104 cm³/mol. The van der Waals surface area contributed by atoms with Crippen LogP contribution in [0.5, 0.6) is 5.75 Å². The first-order chi connectivity index (χ1) is 13.4. The van der Waals surface area contributed by atoms with Crippen molar-refractivity contribution in [3.63, 3.8) is 0 Å². The highest BCUT2D eigenvalue weighted by Gasteiger charge is 2.17. The lowest BCUT2D eigenvalue weighted by molar-refractivity contribution is -0.114. The van der Waals surface area contributed by atoms with Gasteiger partial charge >= 0.3 is 0 Å². The standard InChI is InChI=1S/C21H16N4O3/c1-13(26)24-21-19(27)17(20(22)28)11-18(25-21)16-8-6-14(7-9-16)4-5-15-3-2-10-23-12-15/h2-3,6-12,27H,1H3,(H2,22,28)(H,24,25,26). The molecule has 0 saturated heterocycles. The van der Waals surface area contributed by atoms with Gasteiger partial charge in [0.05, 0.1) is 11.3 Å². The van der Waals surface area contributed by atoms with Crippen LogP contribution >= 0.6 is 0 Å². The number of amides is 2. The quantitative estimate of drug-likeness (QED) is 0.610. The van der Waals surface area contributed by atoms with Crippen LogP contribution in [0.3, 0.4) is 0 Å². The zero-order chi connectivity index (χ0) is 20.1. The minimum atomic E-state index is -0.827. The van der Waals surface area contributed by atoms with Gasteiger partial charge in [0.1, 0.15) is 0 Å². The topological polar surface area (TPSA) is 118 Å². The molecule has 0 unspecified atom stereocenters. The number of primary amides is 1. The molecule has 3 aromatic rings. The SMILES string of the molecule is CC(=O)Nc1nc(-c2ccc(C#Cc3cccnc3)cc2)cc(C(N)=O)c1O. The number of nitrogens with one attached hydrogen (secondary N) is 1. The van der Waals surface area contributed by atoms with Crippen LogP contribution in [0.4, 0.5) is 5.82 Å². The van der Waals surface area contributed by atoms with E-state index in [-0.39, 0.29) is 11.4 Å². The minimum absolute atomic E-state index is 0.126. The van der Waals surface area contributed by atoms with E-state index in [4.69, 9.17) is 5.73 Å². The molecule has 0 aliphatic carbocycles. The summed E-state index contributed by atoms with van der Waals surface area (Å²) in [6.07, 6.45) is 3.36. The van der Waals surface area contributed by atoms with Crippen molar-refractivity contribution < 1.29 is 14.7 Å². The van der Waals surface area contributed by atoms with Gasteiger partial charge in [0.2, 0.25) is 5.91 Å². The fourth-order valence-electron chi connectivity index (χ4n) is 2.43. The summed E-state index contributed by atoms with van der Waals surface area (Å²) in [4.78, 5) is 31.2. The molecule has 28 heavy (non-hydrogen) atoms. The highest BCUT2D eigenvalue weighted by molar-refractivity contribution is 6.00. The largest absolute Gasteiger partial charge is 0.504 e. The first kappa shape index (κ1) is 18.6. The Morgan fingerprint density at radius 2 is 1.82 bits per heavy atom. The molecule has 0 aliphatic heterocycles. The molecule has 3 rings (SSSR count). The molecule has 0 bridgehead atoms. The average Bonchev–Trinajstić information content (AvgIpc) is 2.68. The molecule has 7 heteroatoms. The second-order valence-corrected chi connectivity index (χ2v) is 5.87. The first-order valence-electron chi connectivity index (χ1n) is 8.28. The molecule has 0 saturated carbocycles. The van der Waals surface area contributed by atoms with Crippen LogP contribution in [0.15, 0.2) is 54.9 Å². The lowest BCUT2D eigenvalue weighted by Gasteiger charge is -2.11. The molecule has 0 aliphatic rings.